The van der Waals surface area contributed by atoms with Gasteiger partial charge in [0.25, 0.3) is 0 Å². The molecule has 10 nitrogen and oxygen atoms in total. The predicted molar refractivity (Wildman–Crippen MR) is 129 cm³/mol. The molecule has 0 aromatic heterocycles. The summed E-state index contributed by atoms with van der Waals surface area (Å²) in [5, 5.41) is 9.19. The van der Waals surface area contributed by atoms with E-state index in [1.807, 2.05) is 6.92 Å². The number of carboxylic acids is 1. The average Bonchev–Trinajstić information content (AvgIpc) is 3.09. The van der Waals surface area contributed by atoms with Crippen molar-refractivity contribution in [3.8, 4) is 0 Å². The van der Waals surface area contributed by atoms with E-state index in [0.29, 0.717) is 38.0 Å². The Kier molecular flexibility index (Phi) is 7.64. The van der Waals surface area contributed by atoms with Gasteiger partial charge in [-0.1, -0.05) is 20.8 Å². The van der Waals surface area contributed by atoms with Crippen LogP contribution in [0, 0.1) is 46.3 Å². The summed E-state index contributed by atoms with van der Waals surface area (Å²) in [6.07, 6.45) is 5.02. The maximum atomic E-state index is 12.0. The number of rotatable bonds is 8. The highest BCUT2D eigenvalue weighted by Crippen LogP contribution is 2.69. The van der Waals surface area contributed by atoms with E-state index in [2.05, 4.69) is 13.8 Å². The van der Waals surface area contributed by atoms with Crippen LogP contribution in [0.25, 0.3) is 0 Å². The molecule has 4 aliphatic carbocycles. The van der Waals surface area contributed by atoms with Crippen LogP contribution in [0.1, 0.15) is 85.0 Å². The van der Waals surface area contributed by atoms with Gasteiger partial charge in [-0.2, -0.15) is 16.8 Å². The van der Waals surface area contributed by atoms with Crippen molar-refractivity contribution in [2.75, 3.05) is 0 Å². The molecule has 4 saturated carbocycles. The fourth-order valence-electron chi connectivity index (χ4n) is 9.22. The van der Waals surface area contributed by atoms with Crippen LogP contribution < -0.4 is 0 Å². The van der Waals surface area contributed by atoms with Crippen LogP contribution in [0.5, 0.6) is 0 Å². The van der Waals surface area contributed by atoms with Gasteiger partial charge in [0, 0.05) is 11.8 Å². The van der Waals surface area contributed by atoms with Crippen molar-refractivity contribution in [2.45, 2.75) is 97.2 Å². The van der Waals surface area contributed by atoms with Crippen molar-refractivity contribution in [1.82, 2.24) is 0 Å². The highest BCUT2D eigenvalue weighted by Gasteiger charge is 2.65. The highest BCUT2D eigenvalue weighted by molar-refractivity contribution is 7.81. The molecule has 0 aromatic rings. The molecule has 0 radical (unpaired) electrons. The zero-order chi connectivity index (χ0) is 26.7. The highest BCUT2D eigenvalue weighted by atomic mass is 32.3. The maximum Gasteiger partial charge on any atom is 0.397 e. The van der Waals surface area contributed by atoms with Crippen molar-refractivity contribution in [2.24, 2.45) is 46.3 Å². The van der Waals surface area contributed by atoms with Crippen LogP contribution in [0.2, 0.25) is 0 Å². The van der Waals surface area contributed by atoms with Gasteiger partial charge < -0.3 is 5.11 Å². The van der Waals surface area contributed by atoms with Gasteiger partial charge in [0.15, 0.2) is 0 Å². The summed E-state index contributed by atoms with van der Waals surface area (Å²) >= 11 is 0. The Morgan fingerprint density at radius 2 is 1.61 bits per heavy atom. The quantitative estimate of drug-likeness (QED) is 0.373. The van der Waals surface area contributed by atoms with Gasteiger partial charge in [-0.25, -0.2) is 8.37 Å². The molecule has 0 amide bonds. The second-order valence-electron chi connectivity index (χ2n) is 12.3. The molecular weight excluding hydrogens is 512 g/mol. The first kappa shape index (κ1) is 28.2. The van der Waals surface area contributed by atoms with Gasteiger partial charge in [-0.05, 0) is 98.7 Å². The van der Waals surface area contributed by atoms with E-state index in [1.54, 1.807) is 0 Å². The minimum atomic E-state index is -4.70. The molecule has 0 saturated heterocycles. The normalized spacial score (nSPS) is 43.8. The topological polar surface area (TPSA) is 164 Å². The lowest BCUT2D eigenvalue weighted by atomic mass is 9.43. The molecule has 0 aromatic carbocycles. The smallest absolute Gasteiger partial charge is 0.397 e. The van der Waals surface area contributed by atoms with Crippen LogP contribution >= 0.6 is 0 Å². The molecule has 4 aliphatic rings. The van der Waals surface area contributed by atoms with E-state index in [0.717, 1.165) is 25.7 Å². The Labute approximate surface area is 214 Å². The summed E-state index contributed by atoms with van der Waals surface area (Å²) < 4.78 is 75.7. The van der Waals surface area contributed by atoms with Gasteiger partial charge >= 0.3 is 26.8 Å². The molecule has 0 spiro atoms. The lowest BCUT2D eigenvalue weighted by Crippen LogP contribution is -2.59. The Bertz CT molecular complexity index is 1060. The molecule has 36 heavy (non-hydrogen) atoms. The van der Waals surface area contributed by atoms with Gasteiger partial charge in [0.2, 0.25) is 0 Å². The Hall–Kier alpha value is -0.790. The van der Waals surface area contributed by atoms with Crippen LogP contribution in [0.3, 0.4) is 0 Å². The van der Waals surface area contributed by atoms with Gasteiger partial charge in [0.1, 0.15) is 0 Å². The number of hydrogen-bond acceptors (Lipinski definition) is 7. The van der Waals surface area contributed by atoms with Crippen LogP contribution in [0.4, 0.5) is 0 Å². The van der Waals surface area contributed by atoms with E-state index in [1.165, 1.54) is 0 Å². The zero-order valence-electron chi connectivity index (χ0n) is 21.2. The number of hydrogen-bond donors (Lipinski definition) is 3. The predicted octanol–water partition coefficient (Wildman–Crippen LogP) is 4.13. The summed E-state index contributed by atoms with van der Waals surface area (Å²) in [6, 6.07) is 0. The van der Waals surface area contributed by atoms with Crippen molar-refractivity contribution >= 4 is 26.8 Å². The minimum absolute atomic E-state index is 0.0564. The van der Waals surface area contributed by atoms with Crippen LogP contribution in [-0.2, 0) is 34.0 Å². The molecule has 12 heteroatoms. The largest absolute Gasteiger partial charge is 0.481 e. The molecule has 0 heterocycles. The van der Waals surface area contributed by atoms with E-state index in [4.69, 9.17) is 12.9 Å². The van der Waals surface area contributed by atoms with Gasteiger partial charge in [-0.3, -0.25) is 13.9 Å². The molecule has 3 N–H and O–H groups in total. The first-order valence-corrected chi connectivity index (χ1v) is 15.8. The molecule has 208 valence electrons. The SMILES string of the molecule is CC(CCC(=O)O)C1CCC2C3CCC4CC(OS(=O)(=O)O)CCC4(C)C3CC(OS(=O)(=O)O)C12C. The Morgan fingerprint density at radius 3 is 2.22 bits per heavy atom. The first-order chi connectivity index (χ1) is 16.5. The molecule has 4 fully saturated rings. The summed E-state index contributed by atoms with van der Waals surface area (Å²) in [5.74, 6) is 0.135. The molecule has 0 aliphatic heterocycles. The van der Waals surface area contributed by atoms with E-state index in [-0.39, 0.29) is 41.4 Å². The summed E-state index contributed by atoms with van der Waals surface area (Å²) in [6.45, 7) is 6.31. The molecule has 10 unspecified atom stereocenters. The van der Waals surface area contributed by atoms with Crippen LogP contribution in [0.15, 0.2) is 0 Å². The average molecular weight is 553 g/mol. The number of carboxylic acid groups (broad SMARTS) is 1. The summed E-state index contributed by atoms with van der Waals surface area (Å²) in [5.41, 5.74) is -0.680. The third-order valence-corrected chi connectivity index (χ3v) is 11.7. The van der Waals surface area contributed by atoms with Crippen molar-refractivity contribution in [3.05, 3.63) is 0 Å². The summed E-state index contributed by atoms with van der Waals surface area (Å²) in [4.78, 5) is 11.2. The second kappa shape index (κ2) is 9.75. The first-order valence-electron chi connectivity index (χ1n) is 13.1. The molecule has 4 rings (SSSR count). The molecular formula is C24H40O10S2. The van der Waals surface area contributed by atoms with Gasteiger partial charge in [0.05, 0.1) is 12.2 Å². The second-order valence-corrected chi connectivity index (χ2v) is 14.4. The third-order valence-electron chi connectivity index (χ3n) is 10.8. The lowest BCUT2D eigenvalue weighted by molar-refractivity contribution is -0.167. The van der Waals surface area contributed by atoms with Crippen molar-refractivity contribution in [3.63, 3.8) is 0 Å². The number of fused-ring (bicyclic) bond motifs is 5. The maximum absolute atomic E-state index is 12.0. The fourth-order valence-corrected chi connectivity index (χ4v) is 10.3. The van der Waals surface area contributed by atoms with Gasteiger partial charge in [-0.15, -0.1) is 0 Å². The molecule has 0 bridgehead atoms. The Morgan fingerprint density at radius 1 is 0.944 bits per heavy atom. The van der Waals surface area contributed by atoms with E-state index in [9.17, 15) is 31.3 Å². The van der Waals surface area contributed by atoms with Crippen molar-refractivity contribution in [1.29, 1.82) is 0 Å². The standard InChI is InChI=1S/C24H40O10S2/c1-14(4-9-22(25)26)18-7-8-19-17-6-5-15-12-16(33-35(27,28)29)10-11-23(15,2)20(17)13-21(24(18,19)3)34-36(30,31)32/h14-21H,4-13H2,1-3H3,(H,25,26)(H,27,28,29)(H,30,31,32). The minimum Gasteiger partial charge on any atom is -0.481 e. The third kappa shape index (κ3) is 5.36. The lowest BCUT2D eigenvalue weighted by Gasteiger charge is -2.62. The number of aliphatic carboxylic acids is 1. The summed E-state index contributed by atoms with van der Waals surface area (Å²) in [7, 11) is -9.23. The zero-order valence-corrected chi connectivity index (χ0v) is 22.8. The number of carbonyl (C=O) groups is 1. The molecule has 10 atom stereocenters. The Balaban J connectivity index is 1.63. The van der Waals surface area contributed by atoms with Crippen LogP contribution in [-0.4, -0.2) is 49.2 Å². The monoisotopic (exact) mass is 552 g/mol. The fraction of sp³-hybridized carbons (Fsp3) is 0.958. The van der Waals surface area contributed by atoms with Crippen molar-refractivity contribution < 1.29 is 44.2 Å². The van der Waals surface area contributed by atoms with E-state index >= 15 is 0 Å². The van der Waals surface area contributed by atoms with E-state index < -0.39 is 44.4 Å².